The van der Waals surface area contributed by atoms with Crippen molar-refractivity contribution in [3.63, 3.8) is 0 Å². The van der Waals surface area contributed by atoms with E-state index in [9.17, 15) is 4.79 Å². The first-order valence-corrected chi connectivity index (χ1v) is 7.09. The number of carbonyl (C=O) groups excluding carboxylic acids is 1. The summed E-state index contributed by atoms with van der Waals surface area (Å²) >= 11 is 0. The van der Waals surface area contributed by atoms with Crippen LogP contribution in [0.4, 0.5) is 5.69 Å². The van der Waals surface area contributed by atoms with Gasteiger partial charge in [-0.3, -0.25) is 9.78 Å². The number of aromatic nitrogens is 1. The summed E-state index contributed by atoms with van der Waals surface area (Å²) in [6.45, 7) is 0.883. The Morgan fingerprint density at radius 1 is 1.37 bits per heavy atom. The van der Waals surface area contributed by atoms with Gasteiger partial charge in [0.2, 0.25) is 5.91 Å². The molecular formula is C15H23N3O. The normalized spacial score (nSPS) is 16.3. The number of pyridine rings is 1. The lowest BCUT2D eigenvalue weighted by molar-refractivity contribution is -0.129. The van der Waals surface area contributed by atoms with E-state index < -0.39 is 0 Å². The SMILES string of the molecule is CN(CC1CCCCC1)C(=O)Cc1ccc(N)cn1. The zero-order valence-corrected chi connectivity index (χ0v) is 11.6. The third-order valence-electron chi connectivity index (χ3n) is 3.86. The summed E-state index contributed by atoms with van der Waals surface area (Å²) in [7, 11) is 1.90. The van der Waals surface area contributed by atoms with Crippen LogP contribution in [0.1, 0.15) is 37.8 Å². The number of rotatable bonds is 4. The van der Waals surface area contributed by atoms with Crippen molar-refractivity contribution in [1.82, 2.24) is 9.88 Å². The molecule has 2 rings (SSSR count). The minimum absolute atomic E-state index is 0.142. The molecule has 19 heavy (non-hydrogen) atoms. The van der Waals surface area contributed by atoms with Gasteiger partial charge in [0.25, 0.3) is 0 Å². The Hall–Kier alpha value is -1.58. The fourth-order valence-corrected chi connectivity index (χ4v) is 2.69. The maximum Gasteiger partial charge on any atom is 0.228 e. The Labute approximate surface area is 115 Å². The van der Waals surface area contributed by atoms with Gasteiger partial charge in [-0.15, -0.1) is 0 Å². The van der Waals surface area contributed by atoms with Gasteiger partial charge in [0.15, 0.2) is 0 Å². The number of hydrogen-bond donors (Lipinski definition) is 1. The van der Waals surface area contributed by atoms with Gasteiger partial charge >= 0.3 is 0 Å². The summed E-state index contributed by atoms with van der Waals surface area (Å²) in [4.78, 5) is 18.2. The predicted octanol–water partition coefficient (Wildman–Crippen LogP) is 2.25. The highest BCUT2D eigenvalue weighted by molar-refractivity contribution is 5.78. The molecule has 1 amide bonds. The highest BCUT2D eigenvalue weighted by Gasteiger charge is 2.18. The second kappa shape index (κ2) is 6.55. The van der Waals surface area contributed by atoms with E-state index in [1.54, 1.807) is 12.3 Å². The Morgan fingerprint density at radius 3 is 2.74 bits per heavy atom. The smallest absolute Gasteiger partial charge is 0.228 e. The summed E-state index contributed by atoms with van der Waals surface area (Å²) in [5.74, 6) is 0.824. The van der Waals surface area contributed by atoms with Gasteiger partial charge in [-0.1, -0.05) is 19.3 Å². The van der Waals surface area contributed by atoms with Gasteiger partial charge in [-0.05, 0) is 30.9 Å². The number of hydrogen-bond acceptors (Lipinski definition) is 3. The molecule has 4 heteroatoms. The van der Waals surface area contributed by atoms with Crippen molar-refractivity contribution in [2.45, 2.75) is 38.5 Å². The first-order chi connectivity index (χ1) is 9.15. The van der Waals surface area contributed by atoms with Crippen LogP contribution in [-0.4, -0.2) is 29.4 Å². The van der Waals surface area contributed by atoms with Gasteiger partial charge in [-0.25, -0.2) is 0 Å². The lowest BCUT2D eigenvalue weighted by atomic mass is 9.89. The summed E-state index contributed by atoms with van der Waals surface area (Å²) in [6, 6.07) is 3.61. The Kier molecular flexibility index (Phi) is 4.77. The van der Waals surface area contributed by atoms with Crippen LogP contribution in [0.15, 0.2) is 18.3 Å². The molecule has 1 aliphatic rings. The van der Waals surface area contributed by atoms with Crippen LogP contribution < -0.4 is 5.73 Å². The molecule has 0 aliphatic heterocycles. The molecule has 1 aromatic rings. The fraction of sp³-hybridized carbons (Fsp3) is 0.600. The number of nitrogens with two attached hydrogens (primary N) is 1. The number of carbonyl (C=O) groups is 1. The van der Waals surface area contributed by atoms with E-state index >= 15 is 0 Å². The third-order valence-corrected chi connectivity index (χ3v) is 3.86. The van der Waals surface area contributed by atoms with E-state index in [0.717, 1.165) is 12.2 Å². The van der Waals surface area contributed by atoms with Crippen LogP contribution in [-0.2, 0) is 11.2 Å². The molecule has 1 aromatic heterocycles. The first kappa shape index (κ1) is 13.8. The summed E-state index contributed by atoms with van der Waals surface area (Å²) in [6.07, 6.45) is 8.46. The minimum Gasteiger partial charge on any atom is -0.397 e. The minimum atomic E-state index is 0.142. The first-order valence-electron chi connectivity index (χ1n) is 7.09. The molecule has 1 heterocycles. The van der Waals surface area contributed by atoms with Crippen LogP contribution >= 0.6 is 0 Å². The van der Waals surface area contributed by atoms with Crippen molar-refractivity contribution in [2.75, 3.05) is 19.3 Å². The van der Waals surface area contributed by atoms with Crippen molar-refractivity contribution < 1.29 is 4.79 Å². The molecule has 104 valence electrons. The number of likely N-dealkylation sites (N-methyl/N-ethyl adjacent to an activating group) is 1. The average Bonchev–Trinajstić information content (AvgIpc) is 2.42. The van der Waals surface area contributed by atoms with Gasteiger partial charge in [0.05, 0.1) is 18.3 Å². The number of nitrogen functional groups attached to an aromatic ring is 1. The lowest BCUT2D eigenvalue weighted by Gasteiger charge is -2.27. The molecule has 0 aromatic carbocycles. The summed E-state index contributed by atoms with van der Waals surface area (Å²) in [5, 5.41) is 0. The molecule has 2 N–H and O–H groups in total. The monoisotopic (exact) mass is 261 g/mol. The van der Waals surface area contributed by atoms with Crippen LogP contribution in [0.25, 0.3) is 0 Å². The molecular weight excluding hydrogens is 238 g/mol. The predicted molar refractivity (Wildman–Crippen MR) is 76.6 cm³/mol. The van der Waals surface area contributed by atoms with Crippen molar-refractivity contribution in [2.24, 2.45) is 5.92 Å². The molecule has 0 radical (unpaired) electrons. The molecule has 0 saturated heterocycles. The van der Waals surface area contributed by atoms with Gasteiger partial charge in [0.1, 0.15) is 0 Å². The average molecular weight is 261 g/mol. The molecule has 0 unspecified atom stereocenters. The van der Waals surface area contributed by atoms with Crippen LogP contribution in [0, 0.1) is 5.92 Å². The molecule has 1 fully saturated rings. The van der Waals surface area contributed by atoms with Gasteiger partial charge in [-0.2, -0.15) is 0 Å². The zero-order valence-electron chi connectivity index (χ0n) is 11.6. The topological polar surface area (TPSA) is 59.2 Å². The standard InChI is InChI=1S/C15H23N3O/c1-18(11-12-5-3-2-4-6-12)15(19)9-14-8-7-13(16)10-17-14/h7-8,10,12H,2-6,9,11,16H2,1H3. The maximum atomic E-state index is 12.1. The Balaban J connectivity index is 1.83. The second-order valence-corrected chi connectivity index (χ2v) is 5.54. The molecule has 4 nitrogen and oxygen atoms in total. The third kappa shape index (κ3) is 4.23. The molecule has 1 aliphatic carbocycles. The van der Waals surface area contributed by atoms with Gasteiger partial charge in [0, 0.05) is 19.3 Å². The van der Waals surface area contributed by atoms with Crippen LogP contribution in [0.2, 0.25) is 0 Å². The van der Waals surface area contributed by atoms with Crippen molar-refractivity contribution >= 4 is 11.6 Å². The van der Waals surface area contributed by atoms with Crippen LogP contribution in [0.3, 0.4) is 0 Å². The number of amides is 1. The summed E-state index contributed by atoms with van der Waals surface area (Å²) < 4.78 is 0. The van der Waals surface area contributed by atoms with E-state index in [1.807, 2.05) is 18.0 Å². The molecule has 0 atom stereocenters. The Morgan fingerprint density at radius 2 is 2.11 bits per heavy atom. The quantitative estimate of drug-likeness (QED) is 0.904. The van der Waals surface area contributed by atoms with E-state index in [2.05, 4.69) is 4.98 Å². The van der Waals surface area contributed by atoms with Crippen molar-refractivity contribution in [1.29, 1.82) is 0 Å². The van der Waals surface area contributed by atoms with Gasteiger partial charge < -0.3 is 10.6 Å². The maximum absolute atomic E-state index is 12.1. The van der Waals surface area contributed by atoms with Crippen molar-refractivity contribution in [3.8, 4) is 0 Å². The number of nitrogens with zero attached hydrogens (tertiary/aromatic N) is 2. The lowest BCUT2D eigenvalue weighted by Crippen LogP contribution is -2.33. The van der Waals surface area contributed by atoms with E-state index in [4.69, 9.17) is 5.73 Å². The Bertz CT molecular complexity index is 410. The highest BCUT2D eigenvalue weighted by atomic mass is 16.2. The van der Waals surface area contributed by atoms with Crippen molar-refractivity contribution in [3.05, 3.63) is 24.0 Å². The zero-order chi connectivity index (χ0) is 13.7. The summed E-state index contributed by atoms with van der Waals surface area (Å²) in [5.41, 5.74) is 7.00. The second-order valence-electron chi connectivity index (χ2n) is 5.54. The molecule has 0 bridgehead atoms. The highest BCUT2D eigenvalue weighted by Crippen LogP contribution is 2.24. The van der Waals surface area contributed by atoms with E-state index in [1.165, 1.54) is 32.1 Å². The molecule has 1 saturated carbocycles. The van der Waals surface area contributed by atoms with E-state index in [-0.39, 0.29) is 5.91 Å². The van der Waals surface area contributed by atoms with Crippen LogP contribution in [0.5, 0.6) is 0 Å². The largest absolute Gasteiger partial charge is 0.397 e. The number of anilines is 1. The fourth-order valence-electron chi connectivity index (χ4n) is 2.69. The molecule has 0 spiro atoms. The van der Waals surface area contributed by atoms with E-state index in [0.29, 0.717) is 18.0 Å².